The van der Waals surface area contributed by atoms with Gasteiger partial charge in [-0.25, -0.2) is 0 Å². The van der Waals surface area contributed by atoms with E-state index in [-0.39, 0.29) is 0 Å². The van der Waals surface area contributed by atoms with Gasteiger partial charge in [-0.15, -0.1) is 0 Å². The van der Waals surface area contributed by atoms with Crippen molar-refractivity contribution in [3.8, 4) is 55.8 Å². The molecule has 4 aromatic heterocycles. The predicted molar refractivity (Wildman–Crippen MR) is 243 cm³/mol. The molecular weight excluding hydrogens is 705 g/mol. The van der Waals surface area contributed by atoms with Gasteiger partial charge in [-0.2, -0.15) is 0 Å². The Kier molecular flexibility index (Phi) is 14.7. The molecule has 0 saturated carbocycles. The molecule has 0 atom stereocenters. The van der Waals surface area contributed by atoms with E-state index in [0.717, 1.165) is 11.3 Å². The van der Waals surface area contributed by atoms with Crippen molar-refractivity contribution in [3.63, 3.8) is 0 Å². The molecule has 284 valence electrons. The van der Waals surface area contributed by atoms with Gasteiger partial charge in [0.15, 0.2) is 0 Å². The largest absolute Gasteiger partial charge is 0.265 e. The molecule has 0 saturated heterocycles. The lowest BCUT2D eigenvalue weighted by molar-refractivity contribution is 1.32. The zero-order valence-corrected chi connectivity index (χ0v) is 33.6. The monoisotopic (exact) mass is 752 g/mol. The van der Waals surface area contributed by atoms with Crippen LogP contribution in [0.1, 0.15) is 22.3 Å². The van der Waals surface area contributed by atoms with Crippen LogP contribution < -0.4 is 0 Å². The van der Waals surface area contributed by atoms with Gasteiger partial charge >= 0.3 is 0 Å². The van der Waals surface area contributed by atoms with Gasteiger partial charge in [-0.3, -0.25) is 19.9 Å². The molecule has 0 aliphatic carbocycles. The van der Waals surface area contributed by atoms with E-state index in [0.29, 0.717) is 0 Å². The predicted octanol–water partition coefficient (Wildman–Crippen LogP) is 13.9. The van der Waals surface area contributed by atoms with Gasteiger partial charge in [-0.05, 0) is 109 Å². The normalized spacial score (nSPS) is 10.1. The number of aromatic nitrogens is 4. The zero-order valence-electron chi connectivity index (χ0n) is 33.6. The number of hydrogen-bond donors (Lipinski definition) is 0. The quantitative estimate of drug-likeness (QED) is 0.176. The topological polar surface area (TPSA) is 51.6 Å². The second-order valence-electron chi connectivity index (χ2n) is 14.0. The Labute approximate surface area is 343 Å². The maximum atomic E-state index is 4.28. The minimum Gasteiger partial charge on any atom is -0.265 e. The highest BCUT2D eigenvalue weighted by Gasteiger charge is 2.02. The van der Waals surface area contributed by atoms with Gasteiger partial charge in [0, 0.05) is 54.5 Å². The fourth-order valence-electron chi connectivity index (χ4n) is 5.99. The van der Waals surface area contributed by atoms with Crippen LogP contribution in [0.4, 0.5) is 0 Å². The van der Waals surface area contributed by atoms with Crippen molar-refractivity contribution in [2.45, 2.75) is 27.7 Å². The van der Waals surface area contributed by atoms with Crippen LogP contribution in [0.5, 0.6) is 0 Å². The van der Waals surface area contributed by atoms with Crippen molar-refractivity contribution in [2.75, 3.05) is 0 Å². The molecule has 0 radical (unpaired) electrons. The van der Waals surface area contributed by atoms with Crippen LogP contribution in [0.3, 0.4) is 0 Å². The molecule has 5 aromatic carbocycles. The molecule has 4 nitrogen and oxygen atoms in total. The number of pyridine rings is 4. The summed E-state index contributed by atoms with van der Waals surface area (Å²) in [6.45, 7) is 8.38. The highest BCUT2D eigenvalue weighted by atomic mass is 14.7. The minimum absolute atomic E-state index is 1.03. The number of rotatable bonds is 5. The van der Waals surface area contributed by atoms with Crippen LogP contribution >= 0.6 is 0 Å². The number of hydrogen-bond acceptors (Lipinski definition) is 4. The standard InChI is InChI=1S/C18H15N.3C12H11N/c1-14-7-9-15(10-8-14)16-4-2-5-17(12-16)18-6-3-11-19-13-18;1-10-2-4-11(5-3-10)12-6-8-13-9-7-12;1-10-4-6-11(7-5-10)12-3-2-8-13-9-12;1-10-5-7-11(8-6-10)12-4-2-3-9-13-12/h2-13H,1H3;3*2-9H,1H3. The Balaban J connectivity index is 0.000000132. The average molecular weight is 753 g/mol. The van der Waals surface area contributed by atoms with Gasteiger partial charge in [0.25, 0.3) is 0 Å². The summed E-state index contributed by atoms with van der Waals surface area (Å²) in [6.07, 6.45) is 12.8. The van der Waals surface area contributed by atoms with Gasteiger partial charge in [0.05, 0.1) is 5.69 Å². The summed E-state index contributed by atoms with van der Waals surface area (Å²) < 4.78 is 0. The van der Waals surface area contributed by atoms with Crippen LogP contribution in [-0.4, -0.2) is 19.9 Å². The van der Waals surface area contributed by atoms with E-state index in [4.69, 9.17) is 0 Å². The van der Waals surface area contributed by atoms with E-state index >= 15 is 0 Å². The smallest absolute Gasteiger partial charge is 0.0701 e. The molecule has 0 aliphatic heterocycles. The molecule has 0 unspecified atom stereocenters. The van der Waals surface area contributed by atoms with E-state index in [1.807, 2.05) is 73.4 Å². The zero-order chi connectivity index (χ0) is 40.4. The molecule has 9 rings (SSSR count). The van der Waals surface area contributed by atoms with E-state index < -0.39 is 0 Å². The minimum atomic E-state index is 1.03. The molecule has 0 spiro atoms. The molecular formula is C54H48N4. The van der Waals surface area contributed by atoms with Crippen LogP contribution in [0.25, 0.3) is 55.8 Å². The van der Waals surface area contributed by atoms with E-state index in [1.165, 1.54) is 66.8 Å². The third-order valence-electron chi connectivity index (χ3n) is 9.37. The lowest BCUT2D eigenvalue weighted by Gasteiger charge is -2.06. The van der Waals surface area contributed by atoms with Crippen molar-refractivity contribution in [3.05, 3.63) is 242 Å². The number of aryl methyl sites for hydroxylation is 4. The second-order valence-corrected chi connectivity index (χ2v) is 14.0. The Morgan fingerprint density at radius 3 is 1.10 bits per heavy atom. The average Bonchev–Trinajstić information content (AvgIpc) is 3.29. The first-order valence-corrected chi connectivity index (χ1v) is 19.4. The first-order chi connectivity index (χ1) is 28.4. The van der Waals surface area contributed by atoms with Gasteiger partial charge in [0.2, 0.25) is 0 Å². The molecule has 0 aliphatic rings. The van der Waals surface area contributed by atoms with E-state index in [9.17, 15) is 0 Å². The summed E-state index contributed by atoms with van der Waals surface area (Å²) in [5.74, 6) is 0. The molecule has 9 aromatic rings. The molecule has 58 heavy (non-hydrogen) atoms. The summed E-state index contributed by atoms with van der Waals surface area (Å²) in [6, 6.07) is 60.6. The number of benzene rings is 5. The summed E-state index contributed by atoms with van der Waals surface area (Å²) in [7, 11) is 0. The molecule has 0 amide bonds. The van der Waals surface area contributed by atoms with E-state index in [2.05, 4.69) is 181 Å². The third kappa shape index (κ3) is 12.4. The van der Waals surface area contributed by atoms with Crippen molar-refractivity contribution < 1.29 is 0 Å². The summed E-state index contributed by atoms with van der Waals surface area (Å²) >= 11 is 0. The van der Waals surface area contributed by atoms with Gasteiger partial charge in [-0.1, -0.05) is 156 Å². The van der Waals surface area contributed by atoms with Crippen LogP contribution in [0.2, 0.25) is 0 Å². The van der Waals surface area contributed by atoms with Gasteiger partial charge in [0.1, 0.15) is 0 Å². The highest BCUT2D eigenvalue weighted by molar-refractivity contribution is 5.72. The number of nitrogens with zero attached hydrogens (tertiary/aromatic N) is 4. The maximum absolute atomic E-state index is 4.28. The Bertz CT molecular complexity index is 2330. The molecule has 4 heteroatoms. The Hall–Kier alpha value is -7.30. The molecule has 0 N–H and O–H groups in total. The first kappa shape index (κ1) is 40.4. The molecule has 0 bridgehead atoms. The highest BCUT2D eigenvalue weighted by Crippen LogP contribution is 2.26. The first-order valence-electron chi connectivity index (χ1n) is 19.4. The fraction of sp³-hybridized carbons (Fsp3) is 0.0741. The van der Waals surface area contributed by atoms with Crippen LogP contribution in [0.15, 0.2) is 219 Å². The fourth-order valence-corrected chi connectivity index (χ4v) is 5.99. The summed E-state index contributed by atoms with van der Waals surface area (Å²) in [5, 5.41) is 0. The third-order valence-corrected chi connectivity index (χ3v) is 9.37. The molecule has 4 heterocycles. The van der Waals surface area contributed by atoms with Crippen molar-refractivity contribution in [2.24, 2.45) is 0 Å². The van der Waals surface area contributed by atoms with Crippen molar-refractivity contribution >= 4 is 0 Å². The molecule has 0 fully saturated rings. The summed E-state index contributed by atoms with van der Waals surface area (Å²) in [4.78, 5) is 16.5. The lowest BCUT2D eigenvalue weighted by Crippen LogP contribution is -1.82. The Morgan fingerprint density at radius 1 is 0.259 bits per heavy atom. The maximum Gasteiger partial charge on any atom is 0.0701 e. The summed E-state index contributed by atoms with van der Waals surface area (Å²) in [5.41, 5.74) is 17.0. The van der Waals surface area contributed by atoms with Crippen LogP contribution in [0, 0.1) is 27.7 Å². The van der Waals surface area contributed by atoms with E-state index in [1.54, 1.807) is 12.4 Å². The Morgan fingerprint density at radius 2 is 0.655 bits per heavy atom. The SMILES string of the molecule is Cc1ccc(-c2cccc(-c3cccnc3)c2)cc1.Cc1ccc(-c2ccccn2)cc1.Cc1ccc(-c2cccnc2)cc1.Cc1ccc(-c2ccncc2)cc1. The van der Waals surface area contributed by atoms with Crippen molar-refractivity contribution in [1.29, 1.82) is 0 Å². The van der Waals surface area contributed by atoms with Crippen LogP contribution in [-0.2, 0) is 0 Å². The second kappa shape index (κ2) is 21.1. The lowest BCUT2D eigenvalue weighted by atomic mass is 9.99. The van der Waals surface area contributed by atoms with Crippen molar-refractivity contribution in [1.82, 2.24) is 19.9 Å². The van der Waals surface area contributed by atoms with Gasteiger partial charge < -0.3 is 0 Å².